The fraction of sp³-hybridized carbons (Fsp3) is 0.619. The molecule has 0 spiro atoms. The van der Waals surface area contributed by atoms with Gasteiger partial charge in [-0.05, 0) is 50.9 Å². The lowest BCUT2D eigenvalue weighted by atomic mass is 9.86. The molecular weight excluding hydrogens is 342 g/mol. The normalized spacial score (nSPS) is 19.0. The first-order valence-corrected chi connectivity index (χ1v) is 9.98. The molecule has 1 aliphatic carbocycles. The van der Waals surface area contributed by atoms with Crippen LogP contribution < -0.4 is 11.1 Å². The van der Waals surface area contributed by atoms with E-state index in [1.165, 1.54) is 19.6 Å². The number of nitrogens with one attached hydrogen (secondary N) is 1. The molecule has 1 saturated carbocycles. The first-order chi connectivity index (χ1) is 13.0. The van der Waals surface area contributed by atoms with Crippen LogP contribution in [0.25, 0.3) is 0 Å². The number of amides is 2. The van der Waals surface area contributed by atoms with Gasteiger partial charge in [-0.3, -0.25) is 4.79 Å². The lowest BCUT2D eigenvalue weighted by molar-refractivity contribution is -0.122. The predicted molar refractivity (Wildman–Crippen MR) is 108 cm³/mol. The summed E-state index contributed by atoms with van der Waals surface area (Å²) in [6.07, 6.45) is 2.61. The molecule has 2 rings (SSSR count). The zero-order valence-corrected chi connectivity index (χ0v) is 16.9. The van der Waals surface area contributed by atoms with Gasteiger partial charge in [0.1, 0.15) is 6.61 Å². The molecule has 3 N–H and O–H groups in total. The summed E-state index contributed by atoms with van der Waals surface area (Å²) < 4.78 is 5.16. The number of primary amides is 1. The number of benzene rings is 1. The summed E-state index contributed by atoms with van der Waals surface area (Å²) in [7, 11) is 0. The first-order valence-electron chi connectivity index (χ1n) is 9.98. The second-order valence-corrected chi connectivity index (χ2v) is 6.78. The van der Waals surface area contributed by atoms with E-state index in [0.29, 0.717) is 0 Å². The fourth-order valence-electron chi connectivity index (χ4n) is 3.12. The number of hydrogen-bond acceptors (Lipinski definition) is 4. The number of nitrogens with two attached hydrogens (primary N) is 1. The maximum absolute atomic E-state index is 11.7. The van der Waals surface area contributed by atoms with Crippen molar-refractivity contribution in [3.05, 3.63) is 35.9 Å². The Morgan fingerprint density at radius 2 is 1.59 bits per heavy atom. The molecular formula is C21H35N3O3. The highest BCUT2D eigenvalue weighted by molar-refractivity contribution is 5.76. The molecule has 0 saturated heterocycles. The van der Waals surface area contributed by atoms with Crippen molar-refractivity contribution in [1.82, 2.24) is 10.2 Å². The topological polar surface area (TPSA) is 84.7 Å². The van der Waals surface area contributed by atoms with Gasteiger partial charge in [-0.1, -0.05) is 51.1 Å². The van der Waals surface area contributed by atoms with Crippen molar-refractivity contribution < 1.29 is 14.3 Å². The molecule has 6 heteroatoms. The van der Waals surface area contributed by atoms with Crippen LogP contribution >= 0.6 is 0 Å². The second kappa shape index (κ2) is 13.1. The zero-order valence-electron chi connectivity index (χ0n) is 16.9. The molecule has 0 aromatic heterocycles. The molecule has 1 aromatic carbocycles. The van der Waals surface area contributed by atoms with E-state index in [-0.39, 0.29) is 24.5 Å². The van der Waals surface area contributed by atoms with Gasteiger partial charge in [0, 0.05) is 12.0 Å². The molecule has 1 fully saturated rings. The Hall–Kier alpha value is -2.08. The van der Waals surface area contributed by atoms with Crippen LogP contribution in [0.5, 0.6) is 0 Å². The number of nitrogens with zero attached hydrogens (tertiary/aromatic N) is 1. The van der Waals surface area contributed by atoms with Gasteiger partial charge in [0.2, 0.25) is 5.91 Å². The minimum absolute atomic E-state index is 0.0478. The molecule has 0 unspecified atom stereocenters. The summed E-state index contributed by atoms with van der Waals surface area (Å²) in [6.45, 7) is 10.4. The van der Waals surface area contributed by atoms with Crippen LogP contribution in [0.4, 0.5) is 4.79 Å². The molecule has 0 heterocycles. The Balaban J connectivity index is 0.000000445. The third-order valence-corrected chi connectivity index (χ3v) is 5.01. The van der Waals surface area contributed by atoms with Crippen molar-refractivity contribution in [2.75, 3.05) is 19.6 Å². The minimum atomic E-state index is -0.406. The lowest BCUT2D eigenvalue weighted by Gasteiger charge is -2.26. The highest BCUT2D eigenvalue weighted by Crippen LogP contribution is 2.23. The fourth-order valence-corrected chi connectivity index (χ4v) is 3.12. The quantitative estimate of drug-likeness (QED) is 0.763. The third kappa shape index (κ3) is 9.43. The Kier molecular flexibility index (Phi) is 11.2. The molecule has 0 atom stereocenters. The summed E-state index contributed by atoms with van der Waals surface area (Å²) in [5, 5.41) is 2.84. The summed E-state index contributed by atoms with van der Waals surface area (Å²) >= 11 is 0. The first kappa shape index (κ1) is 23.0. The monoisotopic (exact) mass is 377 g/mol. The van der Waals surface area contributed by atoms with Crippen molar-refractivity contribution in [2.24, 2.45) is 11.7 Å². The Morgan fingerprint density at radius 1 is 1.04 bits per heavy atom. The summed E-state index contributed by atoms with van der Waals surface area (Å²) in [5.74, 6) is -0.288. The molecule has 152 valence electrons. The van der Waals surface area contributed by atoms with Crippen molar-refractivity contribution >= 4 is 12.0 Å². The number of ether oxygens (including phenoxy) is 1. The highest BCUT2D eigenvalue weighted by Gasteiger charge is 2.25. The Bertz CT molecular complexity index is 533. The van der Waals surface area contributed by atoms with Crippen LogP contribution in [-0.4, -0.2) is 42.6 Å². The van der Waals surface area contributed by atoms with Gasteiger partial charge in [0.15, 0.2) is 0 Å². The van der Waals surface area contributed by atoms with Gasteiger partial charge in [-0.2, -0.15) is 0 Å². The van der Waals surface area contributed by atoms with E-state index in [1.54, 1.807) is 0 Å². The van der Waals surface area contributed by atoms with Crippen molar-refractivity contribution in [1.29, 1.82) is 0 Å². The van der Waals surface area contributed by atoms with Gasteiger partial charge in [0.05, 0.1) is 0 Å². The van der Waals surface area contributed by atoms with Gasteiger partial charge in [-0.25, -0.2) is 4.79 Å². The second-order valence-electron chi connectivity index (χ2n) is 6.78. The van der Waals surface area contributed by atoms with E-state index >= 15 is 0 Å². The van der Waals surface area contributed by atoms with E-state index in [0.717, 1.165) is 31.2 Å². The molecule has 1 aliphatic rings. The third-order valence-electron chi connectivity index (χ3n) is 5.01. The van der Waals surface area contributed by atoms with E-state index in [2.05, 4.69) is 31.0 Å². The SMILES string of the molecule is CCN(CC)CC.NC(=O)C1CCC(NC(=O)OCc2ccccc2)CC1. The average Bonchev–Trinajstić information content (AvgIpc) is 2.69. The predicted octanol–water partition coefficient (Wildman–Crippen LogP) is 3.31. The van der Waals surface area contributed by atoms with E-state index in [4.69, 9.17) is 10.5 Å². The van der Waals surface area contributed by atoms with Crippen LogP contribution in [-0.2, 0) is 16.1 Å². The largest absolute Gasteiger partial charge is 0.445 e. The molecule has 0 radical (unpaired) electrons. The van der Waals surface area contributed by atoms with E-state index < -0.39 is 6.09 Å². The number of rotatable bonds is 7. The number of carbonyl (C=O) groups is 2. The minimum Gasteiger partial charge on any atom is -0.445 e. The molecule has 0 aliphatic heterocycles. The number of carbonyl (C=O) groups excluding carboxylic acids is 2. The summed E-state index contributed by atoms with van der Waals surface area (Å²) in [5.41, 5.74) is 6.23. The van der Waals surface area contributed by atoms with Crippen molar-refractivity contribution in [2.45, 2.75) is 59.1 Å². The highest BCUT2D eigenvalue weighted by atomic mass is 16.5. The molecule has 0 bridgehead atoms. The number of hydrogen-bond donors (Lipinski definition) is 2. The van der Waals surface area contributed by atoms with Crippen molar-refractivity contribution in [3.63, 3.8) is 0 Å². The number of alkyl carbamates (subject to hydrolysis) is 1. The average molecular weight is 378 g/mol. The Labute approximate surface area is 163 Å². The summed E-state index contributed by atoms with van der Waals surface area (Å²) in [4.78, 5) is 25.1. The molecule has 27 heavy (non-hydrogen) atoms. The van der Waals surface area contributed by atoms with Gasteiger partial charge < -0.3 is 20.7 Å². The smallest absolute Gasteiger partial charge is 0.407 e. The molecule has 1 aromatic rings. The van der Waals surface area contributed by atoms with Crippen LogP contribution in [0.3, 0.4) is 0 Å². The van der Waals surface area contributed by atoms with Gasteiger partial charge in [-0.15, -0.1) is 0 Å². The molecule has 6 nitrogen and oxygen atoms in total. The van der Waals surface area contributed by atoms with E-state index in [1.807, 2.05) is 30.3 Å². The van der Waals surface area contributed by atoms with Gasteiger partial charge in [0.25, 0.3) is 0 Å². The van der Waals surface area contributed by atoms with Crippen LogP contribution in [0.2, 0.25) is 0 Å². The zero-order chi connectivity index (χ0) is 20.1. The van der Waals surface area contributed by atoms with Crippen LogP contribution in [0.1, 0.15) is 52.0 Å². The van der Waals surface area contributed by atoms with Gasteiger partial charge >= 0.3 is 6.09 Å². The standard InChI is InChI=1S/C15H20N2O3.C6H15N/c16-14(18)12-6-8-13(9-7-12)17-15(19)20-10-11-4-2-1-3-5-11;1-4-7(5-2)6-3/h1-5,12-13H,6-10H2,(H2,16,18)(H,17,19);4-6H2,1-3H3. The van der Waals surface area contributed by atoms with E-state index in [9.17, 15) is 9.59 Å². The maximum Gasteiger partial charge on any atom is 0.407 e. The maximum atomic E-state index is 11.7. The van der Waals surface area contributed by atoms with Crippen molar-refractivity contribution in [3.8, 4) is 0 Å². The lowest BCUT2D eigenvalue weighted by Crippen LogP contribution is -2.39. The molecule has 2 amide bonds. The summed E-state index contributed by atoms with van der Waals surface area (Å²) in [6, 6.07) is 9.62. The van der Waals surface area contributed by atoms with Crippen LogP contribution in [0.15, 0.2) is 30.3 Å². The van der Waals surface area contributed by atoms with Crippen LogP contribution in [0, 0.1) is 5.92 Å². The Morgan fingerprint density at radius 3 is 2.04 bits per heavy atom.